The van der Waals surface area contributed by atoms with Crippen LogP contribution < -0.4 is 10.6 Å². The quantitative estimate of drug-likeness (QED) is 0.760. The molecule has 0 saturated carbocycles. The number of benzene rings is 1. The second-order valence-corrected chi connectivity index (χ2v) is 6.32. The number of oxime groups is 1. The Morgan fingerprint density at radius 3 is 2.77 bits per heavy atom. The van der Waals surface area contributed by atoms with Crippen LogP contribution >= 0.6 is 0 Å². The molecule has 26 heavy (non-hydrogen) atoms. The van der Waals surface area contributed by atoms with E-state index in [-0.39, 0.29) is 36.7 Å². The minimum atomic E-state index is -0.731. The van der Waals surface area contributed by atoms with E-state index < -0.39 is 6.10 Å². The van der Waals surface area contributed by atoms with Gasteiger partial charge in [-0.3, -0.25) is 9.59 Å². The van der Waals surface area contributed by atoms with Crippen molar-refractivity contribution in [2.45, 2.75) is 37.9 Å². The topological polar surface area (TPSA) is 89.0 Å². The van der Waals surface area contributed by atoms with Crippen molar-refractivity contribution in [1.82, 2.24) is 10.6 Å². The fraction of sp³-hybridized carbons (Fsp3) is 0.500. The molecule has 1 aromatic rings. The van der Waals surface area contributed by atoms with Crippen LogP contribution in [-0.2, 0) is 19.2 Å². The van der Waals surface area contributed by atoms with E-state index in [2.05, 4.69) is 15.8 Å². The van der Waals surface area contributed by atoms with Gasteiger partial charge < -0.3 is 20.2 Å². The molecule has 140 valence electrons. The Morgan fingerprint density at radius 2 is 2.04 bits per heavy atom. The molecule has 2 heterocycles. The molecule has 2 aliphatic rings. The Balaban J connectivity index is 1.34. The summed E-state index contributed by atoms with van der Waals surface area (Å²) >= 11 is 0. The smallest absolute Gasteiger partial charge is 0.264 e. The predicted octanol–water partition coefficient (Wildman–Crippen LogP) is 1.12. The number of hydrogen-bond donors (Lipinski definition) is 2. The molecule has 7 nitrogen and oxygen atoms in total. The fourth-order valence-corrected chi connectivity index (χ4v) is 2.87. The summed E-state index contributed by atoms with van der Waals surface area (Å²) in [6.45, 7) is 1.48. The predicted molar refractivity (Wildman–Crippen MR) is 92.0 cm³/mol. The molecule has 3 rings (SSSR count). The van der Waals surface area contributed by atoms with E-state index in [4.69, 9.17) is 9.57 Å². The Bertz CT molecular complexity index is 672. The third kappa shape index (κ3) is 5.01. The van der Waals surface area contributed by atoms with Gasteiger partial charge in [0.2, 0.25) is 12.0 Å². The second-order valence-electron chi connectivity index (χ2n) is 6.32. The molecule has 8 heteroatoms. The minimum Gasteiger partial charge on any atom is -0.382 e. The molecule has 2 amide bonds. The maximum atomic E-state index is 13.0. The Kier molecular flexibility index (Phi) is 6.17. The highest BCUT2D eigenvalue weighted by atomic mass is 19.1. The zero-order valence-corrected chi connectivity index (χ0v) is 14.4. The maximum Gasteiger partial charge on any atom is 0.264 e. The van der Waals surface area contributed by atoms with E-state index in [0.29, 0.717) is 18.7 Å². The minimum absolute atomic E-state index is 0.0995. The molecule has 0 bridgehead atoms. The van der Waals surface area contributed by atoms with Crippen molar-refractivity contribution in [3.63, 3.8) is 0 Å². The SMILES string of the molecule is O=C(CCNC(=O)[C@@H]1CC(c2ccc(F)cc2)=NO1)NC[C@H]1CCCO1. The average molecular weight is 363 g/mol. The zero-order chi connectivity index (χ0) is 18.4. The van der Waals surface area contributed by atoms with Gasteiger partial charge in [-0.05, 0) is 30.5 Å². The standard InChI is InChI=1S/C18H22FN3O4/c19-13-5-3-12(4-6-13)15-10-16(26-22-15)18(24)20-8-7-17(23)21-11-14-2-1-9-25-14/h3-6,14,16H,1-2,7-11H2,(H,20,24)(H,21,23)/t14-,16+/m1/s1. The number of carbonyl (C=O) groups excluding carboxylic acids is 2. The molecular weight excluding hydrogens is 341 g/mol. The van der Waals surface area contributed by atoms with E-state index >= 15 is 0 Å². The first-order chi connectivity index (χ1) is 12.6. The summed E-state index contributed by atoms with van der Waals surface area (Å²) in [6.07, 6.45) is 1.86. The molecule has 1 saturated heterocycles. The molecule has 0 aromatic heterocycles. The summed E-state index contributed by atoms with van der Waals surface area (Å²) in [7, 11) is 0. The second kappa shape index (κ2) is 8.75. The number of carbonyl (C=O) groups is 2. The largest absolute Gasteiger partial charge is 0.382 e. The summed E-state index contributed by atoms with van der Waals surface area (Å²) in [4.78, 5) is 29.0. The van der Waals surface area contributed by atoms with E-state index in [1.165, 1.54) is 12.1 Å². The van der Waals surface area contributed by atoms with Gasteiger partial charge >= 0.3 is 0 Å². The van der Waals surface area contributed by atoms with Crippen LogP contribution in [0.3, 0.4) is 0 Å². The number of rotatable bonds is 7. The summed E-state index contributed by atoms with van der Waals surface area (Å²) < 4.78 is 18.4. The van der Waals surface area contributed by atoms with Gasteiger partial charge in [0.25, 0.3) is 5.91 Å². The highest BCUT2D eigenvalue weighted by Crippen LogP contribution is 2.17. The van der Waals surface area contributed by atoms with Crippen LogP contribution in [0.25, 0.3) is 0 Å². The Hall–Kier alpha value is -2.48. The summed E-state index contributed by atoms with van der Waals surface area (Å²) in [5, 5.41) is 9.37. The van der Waals surface area contributed by atoms with Crippen molar-refractivity contribution in [2.75, 3.05) is 19.7 Å². The lowest BCUT2D eigenvalue weighted by Gasteiger charge is -2.12. The number of amides is 2. The van der Waals surface area contributed by atoms with Crippen LogP contribution in [0.2, 0.25) is 0 Å². The lowest BCUT2D eigenvalue weighted by Crippen LogP contribution is -2.38. The van der Waals surface area contributed by atoms with Gasteiger partial charge in [0, 0.05) is 32.5 Å². The first-order valence-electron chi connectivity index (χ1n) is 8.76. The molecule has 0 radical (unpaired) electrons. The van der Waals surface area contributed by atoms with Crippen LogP contribution in [0.5, 0.6) is 0 Å². The third-order valence-electron chi connectivity index (χ3n) is 4.34. The van der Waals surface area contributed by atoms with Gasteiger partial charge in [0.05, 0.1) is 11.8 Å². The highest BCUT2D eigenvalue weighted by molar-refractivity contribution is 6.04. The first kappa shape index (κ1) is 18.3. The van der Waals surface area contributed by atoms with Gasteiger partial charge in [-0.25, -0.2) is 4.39 Å². The lowest BCUT2D eigenvalue weighted by molar-refractivity contribution is -0.131. The monoisotopic (exact) mass is 363 g/mol. The molecular formula is C18H22FN3O4. The number of halogens is 1. The summed E-state index contributed by atoms with van der Waals surface area (Å²) in [5.74, 6) is -0.783. The van der Waals surface area contributed by atoms with Crippen LogP contribution in [0.1, 0.15) is 31.2 Å². The van der Waals surface area contributed by atoms with E-state index in [9.17, 15) is 14.0 Å². The normalized spacial score (nSPS) is 21.8. The molecule has 2 N–H and O–H groups in total. The van der Waals surface area contributed by atoms with Crippen molar-refractivity contribution in [2.24, 2.45) is 5.16 Å². The highest BCUT2D eigenvalue weighted by Gasteiger charge is 2.28. The van der Waals surface area contributed by atoms with Gasteiger partial charge in [0.1, 0.15) is 5.82 Å². The Labute approximate surface area is 150 Å². The van der Waals surface area contributed by atoms with Crippen molar-refractivity contribution < 1.29 is 23.6 Å². The van der Waals surface area contributed by atoms with Crippen LogP contribution in [0.15, 0.2) is 29.4 Å². The molecule has 1 fully saturated rings. The zero-order valence-electron chi connectivity index (χ0n) is 14.4. The number of nitrogens with zero attached hydrogens (tertiary/aromatic N) is 1. The number of nitrogens with one attached hydrogen (secondary N) is 2. The van der Waals surface area contributed by atoms with Crippen molar-refractivity contribution in [1.29, 1.82) is 0 Å². The van der Waals surface area contributed by atoms with Gasteiger partial charge in [0.15, 0.2) is 0 Å². The van der Waals surface area contributed by atoms with Crippen LogP contribution in [0, 0.1) is 5.82 Å². The molecule has 0 spiro atoms. The summed E-state index contributed by atoms with van der Waals surface area (Å²) in [5.41, 5.74) is 1.31. The third-order valence-corrected chi connectivity index (χ3v) is 4.34. The summed E-state index contributed by atoms with van der Waals surface area (Å²) in [6, 6.07) is 5.85. The van der Waals surface area contributed by atoms with Crippen molar-refractivity contribution in [3.8, 4) is 0 Å². The molecule has 1 aromatic carbocycles. The van der Waals surface area contributed by atoms with Gasteiger partial charge in [-0.1, -0.05) is 17.3 Å². The number of ether oxygens (including phenoxy) is 1. The molecule has 0 aliphatic carbocycles. The maximum absolute atomic E-state index is 13.0. The van der Waals surface area contributed by atoms with Crippen molar-refractivity contribution in [3.05, 3.63) is 35.6 Å². The average Bonchev–Trinajstić information content (AvgIpc) is 3.32. The Morgan fingerprint density at radius 1 is 1.23 bits per heavy atom. The van der Waals surface area contributed by atoms with Crippen LogP contribution in [-0.4, -0.2) is 49.4 Å². The molecule has 2 aliphatic heterocycles. The van der Waals surface area contributed by atoms with Gasteiger partial charge in [-0.15, -0.1) is 0 Å². The van der Waals surface area contributed by atoms with Gasteiger partial charge in [-0.2, -0.15) is 0 Å². The molecule has 2 atom stereocenters. The van der Waals surface area contributed by atoms with E-state index in [1.807, 2.05) is 0 Å². The fourth-order valence-electron chi connectivity index (χ4n) is 2.87. The molecule has 0 unspecified atom stereocenters. The van der Waals surface area contributed by atoms with E-state index in [1.54, 1.807) is 12.1 Å². The van der Waals surface area contributed by atoms with E-state index in [0.717, 1.165) is 25.0 Å². The number of hydrogen-bond acceptors (Lipinski definition) is 5. The first-order valence-corrected chi connectivity index (χ1v) is 8.76. The lowest BCUT2D eigenvalue weighted by atomic mass is 10.0. The van der Waals surface area contributed by atoms with Crippen molar-refractivity contribution >= 4 is 17.5 Å². The van der Waals surface area contributed by atoms with Crippen LogP contribution in [0.4, 0.5) is 4.39 Å².